The summed E-state index contributed by atoms with van der Waals surface area (Å²) in [7, 11) is 2.11. The third-order valence-electron chi connectivity index (χ3n) is 3.17. The maximum absolute atomic E-state index is 13.2. The molecule has 0 saturated heterocycles. The second-order valence-corrected chi connectivity index (χ2v) is 5.69. The molecule has 1 aromatic rings. The van der Waals surface area contributed by atoms with Crippen molar-refractivity contribution in [2.45, 2.75) is 25.8 Å². The van der Waals surface area contributed by atoms with Gasteiger partial charge in [0.15, 0.2) is 0 Å². The Hall–Kier alpha value is -0.410. The van der Waals surface area contributed by atoms with Crippen molar-refractivity contribution in [1.29, 1.82) is 0 Å². The van der Waals surface area contributed by atoms with E-state index in [0.717, 1.165) is 29.0 Å². The minimum Gasteiger partial charge on any atom is -0.302 e. The molecule has 1 aliphatic carbocycles. The molecule has 88 valence electrons. The van der Waals surface area contributed by atoms with Gasteiger partial charge in [0.25, 0.3) is 0 Å². The summed E-state index contributed by atoms with van der Waals surface area (Å²) in [6, 6.07) is 5.10. The molecule has 1 nitrogen and oxygen atoms in total. The van der Waals surface area contributed by atoms with Gasteiger partial charge in [-0.1, -0.05) is 22.4 Å². The molecule has 0 amide bonds. The summed E-state index contributed by atoms with van der Waals surface area (Å²) < 4.78 is 14.0. The molecular formula is C13H17BrFN. The van der Waals surface area contributed by atoms with Crippen LogP contribution in [0.25, 0.3) is 0 Å². The van der Waals surface area contributed by atoms with E-state index in [4.69, 9.17) is 0 Å². The fourth-order valence-electron chi connectivity index (χ4n) is 2.19. The second kappa shape index (κ2) is 5.28. The van der Waals surface area contributed by atoms with E-state index in [2.05, 4.69) is 27.9 Å². The van der Waals surface area contributed by atoms with Gasteiger partial charge in [-0.2, -0.15) is 0 Å². The summed E-state index contributed by atoms with van der Waals surface area (Å²) in [5.41, 5.74) is 1.04. The Morgan fingerprint density at radius 2 is 2.12 bits per heavy atom. The maximum atomic E-state index is 13.2. The van der Waals surface area contributed by atoms with E-state index in [1.165, 1.54) is 25.3 Å². The van der Waals surface area contributed by atoms with Crippen molar-refractivity contribution < 1.29 is 4.39 Å². The molecule has 0 aromatic heterocycles. The highest BCUT2D eigenvalue weighted by Crippen LogP contribution is 2.27. The molecule has 0 bridgehead atoms. The predicted molar refractivity (Wildman–Crippen MR) is 67.8 cm³/mol. The maximum Gasteiger partial charge on any atom is 0.124 e. The SMILES string of the molecule is CN(Cc1cc(F)cc(Br)c1)CC1CCC1. The largest absolute Gasteiger partial charge is 0.302 e. The zero-order valence-electron chi connectivity index (χ0n) is 9.55. The molecule has 0 N–H and O–H groups in total. The van der Waals surface area contributed by atoms with Gasteiger partial charge in [0.05, 0.1) is 0 Å². The molecule has 0 aliphatic heterocycles. The Bertz CT molecular complexity index is 343. The van der Waals surface area contributed by atoms with Gasteiger partial charge in [-0.15, -0.1) is 0 Å². The van der Waals surface area contributed by atoms with E-state index in [1.54, 1.807) is 6.07 Å². The van der Waals surface area contributed by atoms with Crippen molar-refractivity contribution in [3.8, 4) is 0 Å². The molecule has 16 heavy (non-hydrogen) atoms. The van der Waals surface area contributed by atoms with Crippen LogP contribution >= 0.6 is 15.9 Å². The van der Waals surface area contributed by atoms with Crippen molar-refractivity contribution in [1.82, 2.24) is 4.90 Å². The molecule has 0 atom stereocenters. The fourth-order valence-corrected chi connectivity index (χ4v) is 2.71. The minimum absolute atomic E-state index is 0.165. The molecular weight excluding hydrogens is 269 g/mol. The van der Waals surface area contributed by atoms with E-state index in [-0.39, 0.29) is 5.82 Å². The van der Waals surface area contributed by atoms with Crippen molar-refractivity contribution in [2.75, 3.05) is 13.6 Å². The first-order valence-corrected chi connectivity index (χ1v) is 6.56. The molecule has 1 saturated carbocycles. The lowest BCUT2D eigenvalue weighted by Gasteiger charge is -2.30. The standard InChI is InChI=1S/C13H17BrFN/c1-16(8-10-3-2-4-10)9-11-5-12(14)7-13(15)6-11/h5-7,10H,2-4,8-9H2,1H3. The summed E-state index contributed by atoms with van der Waals surface area (Å²) in [6.45, 7) is 1.96. The quantitative estimate of drug-likeness (QED) is 0.813. The molecule has 1 fully saturated rings. The van der Waals surface area contributed by atoms with Crippen molar-refractivity contribution >= 4 is 15.9 Å². The number of benzene rings is 1. The topological polar surface area (TPSA) is 3.24 Å². The van der Waals surface area contributed by atoms with E-state index < -0.39 is 0 Å². The number of halogens is 2. The lowest BCUT2D eigenvalue weighted by atomic mass is 9.85. The minimum atomic E-state index is -0.165. The lowest BCUT2D eigenvalue weighted by molar-refractivity contribution is 0.200. The molecule has 0 spiro atoms. The third-order valence-corrected chi connectivity index (χ3v) is 3.63. The average molecular weight is 286 g/mol. The smallest absolute Gasteiger partial charge is 0.124 e. The van der Waals surface area contributed by atoms with Gasteiger partial charge < -0.3 is 4.90 Å². The van der Waals surface area contributed by atoms with Crippen molar-refractivity contribution in [3.63, 3.8) is 0 Å². The van der Waals surface area contributed by atoms with Crippen LogP contribution in [0.4, 0.5) is 4.39 Å². The van der Waals surface area contributed by atoms with Crippen LogP contribution in [-0.2, 0) is 6.54 Å². The summed E-state index contributed by atoms with van der Waals surface area (Å²) in [4.78, 5) is 2.28. The molecule has 3 heteroatoms. The number of hydrogen-bond donors (Lipinski definition) is 0. The van der Waals surface area contributed by atoms with Gasteiger partial charge in [0.1, 0.15) is 5.82 Å². The van der Waals surface area contributed by atoms with Crippen LogP contribution in [-0.4, -0.2) is 18.5 Å². The highest BCUT2D eigenvalue weighted by molar-refractivity contribution is 9.10. The van der Waals surface area contributed by atoms with Gasteiger partial charge in [-0.05, 0) is 49.6 Å². The Labute approximate surface area is 105 Å². The second-order valence-electron chi connectivity index (χ2n) is 4.77. The molecule has 2 rings (SSSR count). The molecule has 1 aliphatic rings. The first kappa shape index (κ1) is 12.1. The van der Waals surface area contributed by atoms with Crippen LogP contribution in [0.2, 0.25) is 0 Å². The molecule has 0 unspecified atom stereocenters. The van der Waals surface area contributed by atoms with Gasteiger partial charge in [0.2, 0.25) is 0 Å². The summed E-state index contributed by atoms with van der Waals surface area (Å²) in [6.07, 6.45) is 4.10. The highest BCUT2D eigenvalue weighted by Gasteiger charge is 2.18. The third kappa shape index (κ3) is 3.29. The summed E-state index contributed by atoms with van der Waals surface area (Å²) in [5.74, 6) is 0.698. The van der Waals surface area contributed by atoms with Gasteiger partial charge in [-0.3, -0.25) is 0 Å². The zero-order chi connectivity index (χ0) is 11.5. The monoisotopic (exact) mass is 285 g/mol. The highest BCUT2D eigenvalue weighted by atomic mass is 79.9. The number of hydrogen-bond acceptors (Lipinski definition) is 1. The van der Waals surface area contributed by atoms with E-state index in [9.17, 15) is 4.39 Å². The molecule has 0 radical (unpaired) electrons. The van der Waals surface area contributed by atoms with Crippen LogP contribution in [0.1, 0.15) is 24.8 Å². The average Bonchev–Trinajstić information content (AvgIpc) is 2.09. The summed E-state index contributed by atoms with van der Waals surface area (Å²) in [5, 5.41) is 0. The van der Waals surface area contributed by atoms with Gasteiger partial charge in [0, 0.05) is 17.6 Å². The predicted octanol–water partition coefficient (Wildman–Crippen LogP) is 3.82. The molecule has 0 heterocycles. The number of nitrogens with zero attached hydrogens (tertiary/aromatic N) is 1. The Morgan fingerprint density at radius 3 is 2.69 bits per heavy atom. The number of rotatable bonds is 4. The lowest BCUT2D eigenvalue weighted by Crippen LogP contribution is -2.29. The Kier molecular flexibility index (Phi) is 3.98. The van der Waals surface area contributed by atoms with Crippen LogP contribution in [0.15, 0.2) is 22.7 Å². The van der Waals surface area contributed by atoms with Gasteiger partial charge in [-0.25, -0.2) is 4.39 Å². The Morgan fingerprint density at radius 1 is 1.38 bits per heavy atom. The van der Waals surface area contributed by atoms with E-state index >= 15 is 0 Å². The van der Waals surface area contributed by atoms with Gasteiger partial charge >= 0.3 is 0 Å². The first-order chi connectivity index (χ1) is 7.63. The van der Waals surface area contributed by atoms with Crippen LogP contribution in [0.3, 0.4) is 0 Å². The summed E-state index contributed by atoms with van der Waals surface area (Å²) >= 11 is 3.32. The fraction of sp³-hybridized carbons (Fsp3) is 0.538. The normalized spacial score (nSPS) is 16.5. The van der Waals surface area contributed by atoms with Crippen LogP contribution in [0.5, 0.6) is 0 Å². The van der Waals surface area contributed by atoms with Crippen LogP contribution in [0, 0.1) is 11.7 Å². The van der Waals surface area contributed by atoms with Crippen LogP contribution < -0.4 is 0 Å². The van der Waals surface area contributed by atoms with Crippen molar-refractivity contribution in [3.05, 3.63) is 34.1 Å². The first-order valence-electron chi connectivity index (χ1n) is 5.77. The molecule has 1 aromatic carbocycles. The Balaban J connectivity index is 1.91. The zero-order valence-corrected chi connectivity index (χ0v) is 11.1. The van der Waals surface area contributed by atoms with E-state index in [1.807, 2.05) is 6.07 Å². The van der Waals surface area contributed by atoms with Crippen molar-refractivity contribution in [2.24, 2.45) is 5.92 Å². The van der Waals surface area contributed by atoms with E-state index in [0.29, 0.717) is 0 Å².